The Morgan fingerprint density at radius 1 is 1.33 bits per heavy atom. The summed E-state index contributed by atoms with van der Waals surface area (Å²) in [4.78, 5) is 29.8. The first-order valence-corrected chi connectivity index (χ1v) is 7.81. The molecule has 6 nitrogen and oxygen atoms in total. The number of nitro groups is 1. The third-order valence-electron chi connectivity index (χ3n) is 3.79. The number of H-pyrrole nitrogens is 1. The number of benzene rings is 1. The normalized spacial score (nSPS) is 16.2. The van der Waals surface area contributed by atoms with Crippen LogP contribution in [0.2, 0.25) is 0 Å². The van der Waals surface area contributed by atoms with Gasteiger partial charge in [-0.2, -0.15) is 0 Å². The van der Waals surface area contributed by atoms with Gasteiger partial charge in [0.2, 0.25) is 0 Å². The number of nitro benzene ring substituents is 1. The number of non-ortho nitro benzene ring substituents is 1. The molecule has 0 aliphatic heterocycles. The number of hydrogen-bond donors (Lipinski definition) is 1. The van der Waals surface area contributed by atoms with Gasteiger partial charge in [-0.25, -0.2) is 4.98 Å². The molecule has 110 valence electrons. The number of thioether (sulfide) groups is 1. The van der Waals surface area contributed by atoms with E-state index in [1.54, 1.807) is 6.07 Å². The molecule has 7 heteroatoms. The molecule has 1 fully saturated rings. The van der Waals surface area contributed by atoms with E-state index in [9.17, 15) is 14.9 Å². The van der Waals surface area contributed by atoms with Gasteiger partial charge in [0.15, 0.2) is 10.3 Å². The zero-order valence-corrected chi connectivity index (χ0v) is 12.2. The number of nitrogens with zero attached hydrogens (tertiary/aromatic N) is 2. The van der Waals surface area contributed by atoms with E-state index in [2.05, 4.69) is 9.97 Å². The van der Waals surface area contributed by atoms with Gasteiger partial charge in [0.1, 0.15) is 0 Å². The van der Waals surface area contributed by atoms with Crippen molar-refractivity contribution in [3.8, 4) is 0 Å². The molecule has 0 radical (unpaired) electrons. The zero-order chi connectivity index (χ0) is 14.8. The van der Waals surface area contributed by atoms with Crippen molar-refractivity contribution in [3.63, 3.8) is 0 Å². The van der Waals surface area contributed by atoms with Crippen molar-refractivity contribution in [2.45, 2.75) is 37.3 Å². The first-order chi connectivity index (χ1) is 10.1. The molecule has 3 rings (SSSR count). The molecule has 1 aliphatic rings. The van der Waals surface area contributed by atoms with E-state index in [-0.39, 0.29) is 16.7 Å². The van der Waals surface area contributed by atoms with Crippen LogP contribution in [-0.4, -0.2) is 20.0 Å². The lowest BCUT2D eigenvalue weighted by Gasteiger charge is -2.18. The largest absolute Gasteiger partial charge is 0.332 e. The second kappa shape index (κ2) is 5.85. The summed E-state index contributed by atoms with van der Waals surface area (Å²) in [6, 6.07) is 4.46. The monoisotopic (exact) mass is 305 g/mol. The van der Waals surface area contributed by atoms with Gasteiger partial charge in [-0.05, 0) is 30.7 Å². The molecule has 2 aromatic rings. The van der Waals surface area contributed by atoms with Crippen LogP contribution in [0.25, 0.3) is 11.0 Å². The predicted octanol–water partition coefficient (Wildman–Crippen LogP) is 3.67. The number of rotatable bonds is 3. The summed E-state index contributed by atoms with van der Waals surface area (Å²) in [6.45, 7) is 0. The first kappa shape index (κ1) is 14.1. The average molecular weight is 305 g/mol. The molecule has 1 aromatic carbocycles. The number of aromatic nitrogens is 2. The van der Waals surface area contributed by atoms with Gasteiger partial charge in [-0.1, -0.05) is 19.3 Å². The molecule has 21 heavy (non-hydrogen) atoms. The Balaban J connectivity index is 1.77. The molecule has 0 spiro atoms. The average Bonchev–Trinajstić information content (AvgIpc) is 2.89. The lowest BCUT2D eigenvalue weighted by Crippen LogP contribution is -2.14. The molecule has 1 saturated carbocycles. The highest BCUT2D eigenvalue weighted by Gasteiger charge is 2.23. The van der Waals surface area contributed by atoms with Gasteiger partial charge in [-0.15, -0.1) is 0 Å². The molecule has 1 heterocycles. The van der Waals surface area contributed by atoms with E-state index in [1.165, 1.54) is 18.6 Å². The minimum absolute atomic E-state index is 0.0151. The molecule has 1 aromatic heterocycles. The molecule has 1 N–H and O–H groups in total. The summed E-state index contributed by atoms with van der Waals surface area (Å²) in [7, 11) is 0. The van der Waals surface area contributed by atoms with E-state index in [1.807, 2.05) is 0 Å². The lowest BCUT2D eigenvalue weighted by atomic mass is 9.90. The first-order valence-electron chi connectivity index (χ1n) is 6.99. The van der Waals surface area contributed by atoms with Crippen molar-refractivity contribution in [3.05, 3.63) is 28.3 Å². The van der Waals surface area contributed by atoms with Crippen molar-refractivity contribution in [1.29, 1.82) is 0 Å². The van der Waals surface area contributed by atoms with Crippen molar-refractivity contribution >= 4 is 33.6 Å². The van der Waals surface area contributed by atoms with Crippen LogP contribution in [0, 0.1) is 16.0 Å². The van der Waals surface area contributed by atoms with Crippen LogP contribution < -0.4 is 0 Å². The summed E-state index contributed by atoms with van der Waals surface area (Å²) in [5, 5.41) is 11.4. The fraction of sp³-hybridized carbons (Fsp3) is 0.429. The van der Waals surface area contributed by atoms with Crippen LogP contribution in [0.5, 0.6) is 0 Å². The van der Waals surface area contributed by atoms with E-state index in [0.29, 0.717) is 16.2 Å². The van der Waals surface area contributed by atoms with Crippen LogP contribution in [-0.2, 0) is 4.79 Å². The van der Waals surface area contributed by atoms with E-state index < -0.39 is 4.92 Å². The van der Waals surface area contributed by atoms with Crippen molar-refractivity contribution in [1.82, 2.24) is 9.97 Å². The summed E-state index contributed by atoms with van der Waals surface area (Å²) in [5.41, 5.74) is 1.24. The van der Waals surface area contributed by atoms with Gasteiger partial charge in [0.25, 0.3) is 5.69 Å². The molecule has 0 saturated heterocycles. The SMILES string of the molecule is O=C(Sc1nc2ccc([N+](=O)[O-])cc2[nH]1)C1CCCCC1. The van der Waals surface area contributed by atoms with E-state index >= 15 is 0 Å². The topological polar surface area (TPSA) is 88.9 Å². The van der Waals surface area contributed by atoms with Crippen LogP contribution in [0.15, 0.2) is 23.4 Å². The highest BCUT2D eigenvalue weighted by Crippen LogP contribution is 2.31. The van der Waals surface area contributed by atoms with Crippen molar-refractivity contribution in [2.75, 3.05) is 0 Å². The Kier molecular flexibility index (Phi) is 3.92. The number of fused-ring (bicyclic) bond motifs is 1. The Morgan fingerprint density at radius 2 is 2.10 bits per heavy atom. The molecular weight excluding hydrogens is 290 g/mol. The maximum absolute atomic E-state index is 12.2. The Hall–Kier alpha value is -1.89. The minimum Gasteiger partial charge on any atom is -0.332 e. The lowest BCUT2D eigenvalue weighted by molar-refractivity contribution is -0.384. The quantitative estimate of drug-likeness (QED) is 0.531. The molecule has 0 bridgehead atoms. The number of carbonyl (C=O) groups excluding carboxylic acids is 1. The maximum Gasteiger partial charge on any atom is 0.271 e. The van der Waals surface area contributed by atoms with Crippen LogP contribution in [0.3, 0.4) is 0 Å². The molecule has 0 atom stereocenters. The van der Waals surface area contributed by atoms with Gasteiger partial charge in [0.05, 0.1) is 16.0 Å². The summed E-state index contributed by atoms with van der Waals surface area (Å²) in [6.07, 6.45) is 5.35. The van der Waals surface area contributed by atoms with E-state index in [0.717, 1.165) is 37.4 Å². The van der Waals surface area contributed by atoms with Gasteiger partial charge in [0, 0.05) is 18.1 Å². The highest BCUT2D eigenvalue weighted by atomic mass is 32.2. The van der Waals surface area contributed by atoms with Crippen molar-refractivity contribution in [2.24, 2.45) is 5.92 Å². The van der Waals surface area contributed by atoms with Crippen LogP contribution >= 0.6 is 11.8 Å². The molecule has 0 amide bonds. The Bertz CT molecular complexity index is 692. The molecule has 0 unspecified atom stereocenters. The van der Waals surface area contributed by atoms with Gasteiger partial charge < -0.3 is 4.98 Å². The smallest absolute Gasteiger partial charge is 0.271 e. The summed E-state index contributed by atoms with van der Waals surface area (Å²) >= 11 is 1.11. The standard InChI is InChI=1S/C14H15N3O3S/c18-13(9-4-2-1-3-5-9)21-14-15-11-7-6-10(17(19)20)8-12(11)16-14/h6-9H,1-5H2,(H,15,16). The molecule has 1 aliphatic carbocycles. The minimum atomic E-state index is -0.444. The van der Waals surface area contributed by atoms with Crippen LogP contribution in [0.4, 0.5) is 5.69 Å². The highest BCUT2D eigenvalue weighted by molar-refractivity contribution is 8.13. The summed E-state index contributed by atoms with van der Waals surface area (Å²) in [5.74, 6) is 0.117. The number of imidazole rings is 1. The van der Waals surface area contributed by atoms with Gasteiger partial charge in [-0.3, -0.25) is 14.9 Å². The maximum atomic E-state index is 12.2. The van der Waals surface area contributed by atoms with E-state index in [4.69, 9.17) is 0 Å². The number of nitrogens with one attached hydrogen (secondary N) is 1. The fourth-order valence-corrected chi connectivity index (χ4v) is 3.55. The molecular formula is C14H15N3O3S. The third-order valence-corrected chi connectivity index (χ3v) is 4.71. The Morgan fingerprint density at radius 3 is 2.81 bits per heavy atom. The predicted molar refractivity (Wildman–Crippen MR) is 80.2 cm³/mol. The second-order valence-corrected chi connectivity index (χ2v) is 6.25. The van der Waals surface area contributed by atoms with Crippen molar-refractivity contribution < 1.29 is 9.72 Å². The fourth-order valence-electron chi connectivity index (χ4n) is 2.65. The Labute approximate surface area is 125 Å². The zero-order valence-electron chi connectivity index (χ0n) is 11.4. The number of carbonyl (C=O) groups is 1. The second-order valence-electron chi connectivity index (χ2n) is 5.26. The number of hydrogen-bond acceptors (Lipinski definition) is 5. The number of aromatic amines is 1. The van der Waals surface area contributed by atoms with Gasteiger partial charge >= 0.3 is 0 Å². The van der Waals surface area contributed by atoms with Crippen LogP contribution in [0.1, 0.15) is 32.1 Å². The third kappa shape index (κ3) is 3.07. The summed E-state index contributed by atoms with van der Waals surface area (Å²) < 4.78 is 0.